The van der Waals surface area contributed by atoms with Crippen LogP contribution in [-0.2, 0) is 14.4 Å². The molecule has 3 atom stereocenters. The van der Waals surface area contributed by atoms with Gasteiger partial charge in [0.25, 0.3) is 5.91 Å². The van der Waals surface area contributed by atoms with Crippen LogP contribution in [0.4, 0.5) is 5.00 Å². The monoisotopic (exact) mass is 650 g/mol. The first-order valence-electron chi connectivity index (χ1n) is 12.1. The third-order valence-electron chi connectivity index (χ3n) is 6.26. The number of carbonyl (C=O) groups excluding carboxylic acids is 2. The van der Waals surface area contributed by atoms with Crippen molar-refractivity contribution in [1.82, 2.24) is 4.90 Å². The topological polar surface area (TPSA) is 96.4 Å². The minimum Gasteiger partial charge on any atom is -0.480 e. The number of halogens is 3. The Morgan fingerprint density at radius 2 is 1.76 bits per heavy atom. The Morgan fingerprint density at radius 1 is 1.05 bits per heavy atom. The van der Waals surface area contributed by atoms with E-state index in [-0.39, 0.29) is 39.7 Å². The summed E-state index contributed by atoms with van der Waals surface area (Å²) in [6.45, 7) is 3.06. The fourth-order valence-corrected chi connectivity index (χ4v) is 7.24. The van der Waals surface area contributed by atoms with Crippen LogP contribution in [-0.4, -0.2) is 44.5 Å². The minimum absolute atomic E-state index is 0.190. The van der Waals surface area contributed by atoms with Crippen LogP contribution in [0.2, 0.25) is 15.1 Å². The molecule has 2 aliphatic heterocycles. The Bertz CT molecular complexity index is 1590. The lowest BCUT2D eigenvalue weighted by Gasteiger charge is -2.51. The smallest absolute Gasteiger partial charge is 0.321 e. The second-order valence-electron chi connectivity index (χ2n) is 8.88. The van der Waals surface area contributed by atoms with Gasteiger partial charge in [0.15, 0.2) is 11.5 Å². The van der Waals surface area contributed by atoms with E-state index in [1.54, 1.807) is 49.4 Å². The number of ether oxygens (including phenoxy) is 2. The third kappa shape index (κ3) is 5.80. The molecule has 8 nitrogen and oxygen atoms in total. The standard InChI is InChI=1S/C28H21Cl3N2O6S2/c1-3-19(38-22-12-16(30)7-9-21(22)39-20-8-6-15(29)11-18(20)31)17-13-32-26(35)24(27(32)41-25(17)28(36)37)33(14(2)34)23-5-4-10-40-23/h3-13,24-25,27H,1-2H3,(H,36,37)/t24?,25?,27-/m1/s1. The molecule has 0 aliphatic carbocycles. The van der Waals surface area contributed by atoms with Crippen LogP contribution in [0, 0.1) is 0 Å². The van der Waals surface area contributed by atoms with Gasteiger partial charge < -0.3 is 19.5 Å². The molecule has 5 rings (SSSR count). The fourth-order valence-electron chi connectivity index (χ4n) is 4.42. The Balaban J connectivity index is 1.45. The number of thiophene rings is 1. The van der Waals surface area contributed by atoms with Crippen LogP contribution in [0.1, 0.15) is 13.8 Å². The Kier molecular flexibility index (Phi) is 8.58. The highest BCUT2D eigenvalue weighted by atomic mass is 35.5. The van der Waals surface area contributed by atoms with Crippen LogP contribution in [0.3, 0.4) is 0 Å². The van der Waals surface area contributed by atoms with E-state index in [2.05, 4.69) is 0 Å². The molecular formula is C28H21Cl3N2O6S2. The van der Waals surface area contributed by atoms with Crippen molar-refractivity contribution in [2.24, 2.45) is 0 Å². The number of nitrogens with zero attached hydrogens (tertiary/aromatic N) is 2. The number of carboxylic acid groups (broad SMARTS) is 1. The lowest BCUT2D eigenvalue weighted by molar-refractivity contribution is -0.143. The molecule has 0 bridgehead atoms. The quantitative estimate of drug-likeness (QED) is 0.200. The zero-order valence-corrected chi connectivity index (χ0v) is 25.3. The van der Waals surface area contributed by atoms with E-state index >= 15 is 0 Å². The molecule has 3 heterocycles. The molecule has 2 unspecified atom stereocenters. The van der Waals surface area contributed by atoms with Gasteiger partial charge in [-0.1, -0.05) is 34.8 Å². The number of anilines is 1. The first kappa shape index (κ1) is 29.3. The number of carbonyl (C=O) groups is 3. The molecule has 3 aromatic rings. The van der Waals surface area contributed by atoms with Gasteiger partial charge in [-0.2, -0.15) is 0 Å². The number of allylic oxidation sites excluding steroid dienone is 2. The molecule has 1 aromatic heterocycles. The van der Waals surface area contributed by atoms with E-state index in [0.717, 1.165) is 11.8 Å². The van der Waals surface area contributed by atoms with Crippen LogP contribution >= 0.6 is 57.9 Å². The summed E-state index contributed by atoms with van der Waals surface area (Å²) in [7, 11) is 0. The van der Waals surface area contributed by atoms with E-state index in [4.69, 9.17) is 44.3 Å². The predicted molar refractivity (Wildman–Crippen MR) is 161 cm³/mol. The summed E-state index contributed by atoms with van der Waals surface area (Å²) in [6, 6.07) is 12.2. The zero-order chi connectivity index (χ0) is 29.4. The van der Waals surface area contributed by atoms with Gasteiger partial charge >= 0.3 is 5.97 Å². The molecule has 0 saturated carbocycles. The number of carboxylic acids is 1. The number of aliphatic carboxylic acids is 1. The molecule has 1 saturated heterocycles. The number of β-lactam (4-membered cyclic amide) rings is 1. The molecule has 2 aromatic carbocycles. The van der Waals surface area contributed by atoms with Crippen molar-refractivity contribution >= 4 is 80.7 Å². The van der Waals surface area contributed by atoms with E-state index < -0.39 is 22.6 Å². The third-order valence-corrected chi connectivity index (χ3v) is 9.38. The van der Waals surface area contributed by atoms with E-state index in [0.29, 0.717) is 20.8 Å². The largest absolute Gasteiger partial charge is 0.480 e. The lowest BCUT2D eigenvalue weighted by Crippen LogP contribution is -2.70. The van der Waals surface area contributed by atoms with Gasteiger partial charge in [0.2, 0.25) is 5.91 Å². The van der Waals surface area contributed by atoms with Gasteiger partial charge in [-0.25, -0.2) is 0 Å². The maximum absolute atomic E-state index is 13.3. The number of hydrogen-bond donors (Lipinski definition) is 1. The van der Waals surface area contributed by atoms with Crippen molar-refractivity contribution in [2.45, 2.75) is 30.5 Å². The normalized spacial score (nSPS) is 20.1. The predicted octanol–water partition coefficient (Wildman–Crippen LogP) is 7.46. The maximum atomic E-state index is 13.3. The van der Waals surface area contributed by atoms with Crippen LogP contribution in [0.25, 0.3) is 0 Å². The molecule has 1 fully saturated rings. The van der Waals surface area contributed by atoms with Gasteiger partial charge in [-0.15, -0.1) is 23.1 Å². The highest BCUT2D eigenvalue weighted by Gasteiger charge is 2.56. The number of rotatable bonds is 8. The minimum atomic E-state index is -1.12. The van der Waals surface area contributed by atoms with Crippen LogP contribution in [0.5, 0.6) is 17.2 Å². The van der Waals surface area contributed by atoms with Crippen molar-refractivity contribution in [3.05, 3.63) is 92.6 Å². The van der Waals surface area contributed by atoms with Gasteiger partial charge in [-0.05, 0) is 60.8 Å². The molecule has 41 heavy (non-hydrogen) atoms. The number of hydrogen-bond acceptors (Lipinski definition) is 7. The highest BCUT2D eigenvalue weighted by molar-refractivity contribution is 8.01. The summed E-state index contributed by atoms with van der Waals surface area (Å²) in [5, 5.41) is 12.0. The summed E-state index contributed by atoms with van der Waals surface area (Å²) >= 11 is 20.9. The summed E-state index contributed by atoms with van der Waals surface area (Å²) in [6.07, 6.45) is 3.07. The molecule has 2 aliphatic rings. The molecule has 1 N–H and O–H groups in total. The molecule has 0 spiro atoms. The maximum Gasteiger partial charge on any atom is 0.321 e. The number of amides is 2. The van der Waals surface area contributed by atoms with E-state index in [9.17, 15) is 19.5 Å². The lowest BCUT2D eigenvalue weighted by atomic mass is 10.0. The first-order chi connectivity index (χ1) is 19.6. The SMILES string of the molecule is CC=C(Oc1cc(Cl)ccc1Oc1ccc(Cl)cc1Cl)C1=CN2C(=O)C(N(C(C)=O)c3cccs3)[C@H]2SC1C(=O)O. The Hall–Kier alpha value is -3.15. The van der Waals surface area contributed by atoms with Crippen LogP contribution < -0.4 is 14.4 Å². The van der Waals surface area contributed by atoms with Crippen molar-refractivity contribution in [3.63, 3.8) is 0 Å². The van der Waals surface area contributed by atoms with Gasteiger partial charge in [0, 0.05) is 34.8 Å². The first-order valence-corrected chi connectivity index (χ1v) is 15.1. The van der Waals surface area contributed by atoms with Crippen molar-refractivity contribution in [2.75, 3.05) is 4.90 Å². The molecular weight excluding hydrogens is 631 g/mol. The van der Waals surface area contributed by atoms with Crippen molar-refractivity contribution in [1.29, 1.82) is 0 Å². The fraction of sp³-hybridized carbons (Fsp3) is 0.179. The molecule has 0 radical (unpaired) electrons. The summed E-state index contributed by atoms with van der Waals surface area (Å²) in [5.74, 6) is -0.783. The number of benzene rings is 2. The Labute approximate surface area is 258 Å². The van der Waals surface area contributed by atoms with Gasteiger partial charge in [0.1, 0.15) is 28.2 Å². The average Bonchev–Trinajstić information content (AvgIpc) is 3.46. The van der Waals surface area contributed by atoms with Crippen molar-refractivity contribution in [3.8, 4) is 17.2 Å². The molecule has 13 heteroatoms. The number of thioether (sulfide) groups is 1. The summed E-state index contributed by atoms with van der Waals surface area (Å²) in [5.41, 5.74) is 0.258. The van der Waals surface area contributed by atoms with Gasteiger partial charge in [0.05, 0.1) is 10.0 Å². The zero-order valence-electron chi connectivity index (χ0n) is 21.4. The Morgan fingerprint density at radius 3 is 2.37 bits per heavy atom. The van der Waals surface area contributed by atoms with Crippen LogP contribution in [0.15, 0.2) is 77.5 Å². The van der Waals surface area contributed by atoms with Crippen molar-refractivity contribution < 1.29 is 29.0 Å². The second kappa shape index (κ2) is 12.0. The molecule has 212 valence electrons. The van der Waals surface area contributed by atoms with Gasteiger partial charge in [-0.3, -0.25) is 19.3 Å². The summed E-state index contributed by atoms with van der Waals surface area (Å²) < 4.78 is 12.2. The number of fused-ring (bicyclic) bond motifs is 1. The van der Waals surface area contributed by atoms with E-state index in [1.807, 2.05) is 5.38 Å². The average molecular weight is 652 g/mol. The molecule has 2 amide bonds. The highest BCUT2D eigenvalue weighted by Crippen LogP contribution is 2.47. The van der Waals surface area contributed by atoms with E-state index in [1.165, 1.54) is 46.4 Å². The second-order valence-corrected chi connectivity index (χ2v) is 12.3. The summed E-state index contributed by atoms with van der Waals surface area (Å²) in [4.78, 5) is 41.1.